The molecule has 0 spiro atoms. The van der Waals surface area contributed by atoms with Gasteiger partial charge in [0.15, 0.2) is 0 Å². The van der Waals surface area contributed by atoms with Gasteiger partial charge in [0, 0.05) is 29.5 Å². The maximum Gasteiger partial charge on any atom is 0.416 e. The lowest BCUT2D eigenvalue weighted by atomic mass is 9.93. The van der Waals surface area contributed by atoms with Crippen molar-refractivity contribution < 1.29 is 18.0 Å². The first kappa shape index (κ1) is 24.7. The van der Waals surface area contributed by atoms with Crippen molar-refractivity contribution in [2.45, 2.75) is 57.4 Å². The SMILES string of the molecule is O=C(c1ccc(Cl)cc1Cl)N(Cc1cccn1Cc1cccc(C(F)(F)F)c1)C1CCCCC1. The van der Waals surface area contributed by atoms with Crippen molar-refractivity contribution in [2.24, 2.45) is 0 Å². The van der Waals surface area contributed by atoms with Gasteiger partial charge < -0.3 is 9.47 Å². The topological polar surface area (TPSA) is 25.2 Å². The predicted molar refractivity (Wildman–Crippen MR) is 128 cm³/mol. The molecule has 8 heteroatoms. The van der Waals surface area contributed by atoms with Crippen molar-refractivity contribution in [2.75, 3.05) is 0 Å². The van der Waals surface area contributed by atoms with Gasteiger partial charge in [-0.1, -0.05) is 54.6 Å². The van der Waals surface area contributed by atoms with E-state index >= 15 is 0 Å². The number of nitrogens with zero attached hydrogens (tertiary/aromatic N) is 2. The minimum atomic E-state index is -4.39. The zero-order valence-electron chi connectivity index (χ0n) is 18.5. The molecule has 1 fully saturated rings. The Morgan fingerprint density at radius 2 is 1.76 bits per heavy atom. The number of amides is 1. The summed E-state index contributed by atoms with van der Waals surface area (Å²) in [7, 11) is 0. The van der Waals surface area contributed by atoms with E-state index < -0.39 is 11.7 Å². The van der Waals surface area contributed by atoms with Gasteiger partial charge >= 0.3 is 6.18 Å². The summed E-state index contributed by atoms with van der Waals surface area (Å²) in [6.45, 7) is 0.620. The fourth-order valence-corrected chi connectivity index (χ4v) is 5.03. The Labute approximate surface area is 207 Å². The number of benzene rings is 2. The van der Waals surface area contributed by atoms with Crippen LogP contribution in [-0.2, 0) is 19.3 Å². The summed E-state index contributed by atoms with van der Waals surface area (Å²) in [5.41, 5.74) is 1.12. The molecule has 0 atom stereocenters. The molecule has 0 saturated heterocycles. The molecule has 0 N–H and O–H groups in total. The molecule has 0 radical (unpaired) electrons. The second-order valence-electron chi connectivity index (χ2n) is 8.67. The molecule has 1 heterocycles. The molecular weight excluding hydrogens is 484 g/mol. The quantitative estimate of drug-likeness (QED) is 0.332. The van der Waals surface area contributed by atoms with Crippen molar-refractivity contribution in [1.82, 2.24) is 9.47 Å². The van der Waals surface area contributed by atoms with Gasteiger partial charge in [-0.15, -0.1) is 0 Å². The van der Waals surface area contributed by atoms with Crippen LogP contribution in [0.3, 0.4) is 0 Å². The van der Waals surface area contributed by atoms with Crippen LogP contribution in [0.15, 0.2) is 60.8 Å². The van der Waals surface area contributed by atoms with Crippen LogP contribution in [-0.4, -0.2) is 21.4 Å². The van der Waals surface area contributed by atoms with Crippen LogP contribution in [0.4, 0.5) is 13.2 Å². The molecule has 3 nitrogen and oxygen atoms in total. The molecule has 1 aliphatic carbocycles. The number of aromatic nitrogens is 1. The Morgan fingerprint density at radius 1 is 1.00 bits per heavy atom. The summed E-state index contributed by atoms with van der Waals surface area (Å²) >= 11 is 12.4. The number of alkyl halides is 3. The number of rotatable bonds is 6. The molecule has 0 unspecified atom stereocenters. The Balaban J connectivity index is 1.60. The first-order valence-electron chi connectivity index (χ1n) is 11.3. The van der Waals surface area contributed by atoms with Crippen LogP contribution in [0.2, 0.25) is 10.0 Å². The molecule has 0 bridgehead atoms. The van der Waals surface area contributed by atoms with Crippen molar-refractivity contribution in [1.29, 1.82) is 0 Å². The number of carbonyl (C=O) groups excluding carboxylic acids is 1. The Morgan fingerprint density at radius 3 is 2.47 bits per heavy atom. The number of halogens is 5. The second kappa shape index (κ2) is 10.4. The van der Waals surface area contributed by atoms with Crippen molar-refractivity contribution in [3.05, 3.63) is 93.2 Å². The molecule has 1 aliphatic rings. The van der Waals surface area contributed by atoms with E-state index in [2.05, 4.69) is 0 Å². The second-order valence-corrected chi connectivity index (χ2v) is 9.52. The first-order valence-corrected chi connectivity index (χ1v) is 12.0. The normalized spacial score (nSPS) is 14.9. The maximum atomic E-state index is 13.6. The van der Waals surface area contributed by atoms with Crippen LogP contribution < -0.4 is 0 Å². The molecule has 0 aliphatic heterocycles. The highest BCUT2D eigenvalue weighted by molar-refractivity contribution is 6.36. The zero-order chi connectivity index (χ0) is 24.3. The summed E-state index contributed by atoms with van der Waals surface area (Å²) in [6, 6.07) is 14.0. The minimum absolute atomic E-state index is 0.0740. The van der Waals surface area contributed by atoms with Crippen LogP contribution in [0, 0.1) is 0 Å². The van der Waals surface area contributed by atoms with Crippen molar-refractivity contribution >= 4 is 29.1 Å². The minimum Gasteiger partial charge on any atom is -0.345 e. The van der Waals surface area contributed by atoms with E-state index in [9.17, 15) is 18.0 Å². The summed E-state index contributed by atoms with van der Waals surface area (Å²) in [6.07, 6.45) is 2.50. The van der Waals surface area contributed by atoms with Gasteiger partial charge in [-0.2, -0.15) is 13.2 Å². The third-order valence-electron chi connectivity index (χ3n) is 6.30. The maximum absolute atomic E-state index is 13.6. The van der Waals surface area contributed by atoms with Gasteiger partial charge in [0.1, 0.15) is 0 Å². The van der Waals surface area contributed by atoms with Crippen LogP contribution in [0.1, 0.15) is 59.3 Å². The van der Waals surface area contributed by atoms with E-state index in [-0.39, 0.29) is 18.5 Å². The molecule has 34 heavy (non-hydrogen) atoms. The third kappa shape index (κ3) is 5.78. The highest BCUT2D eigenvalue weighted by atomic mass is 35.5. The van der Waals surface area contributed by atoms with Crippen LogP contribution in [0.25, 0.3) is 0 Å². The van der Waals surface area contributed by atoms with Crippen molar-refractivity contribution in [3.63, 3.8) is 0 Å². The molecule has 2 aromatic carbocycles. The summed E-state index contributed by atoms with van der Waals surface area (Å²) in [5.74, 6) is -0.166. The van der Waals surface area contributed by atoms with Gasteiger partial charge in [-0.25, -0.2) is 0 Å². The Bertz CT molecular complexity index is 1150. The average Bonchev–Trinajstić information content (AvgIpc) is 3.24. The summed E-state index contributed by atoms with van der Waals surface area (Å²) in [5, 5.41) is 0.762. The van der Waals surface area contributed by atoms with E-state index in [0.717, 1.165) is 43.9 Å². The number of carbonyl (C=O) groups is 1. The largest absolute Gasteiger partial charge is 0.416 e. The standard InChI is InChI=1S/C26H25Cl2F3N2O/c27-20-11-12-23(24(28)15-20)25(34)33(21-8-2-1-3-9-21)17-22-10-5-13-32(22)16-18-6-4-7-19(14-18)26(29,30)31/h4-7,10-15,21H,1-3,8-9,16-17H2. The zero-order valence-corrected chi connectivity index (χ0v) is 20.0. The molecular formula is C26H25Cl2F3N2O. The predicted octanol–water partition coefficient (Wildman–Crippen LogP) is 7.84. The lowest BCUT2D eigenvalue weighted by Gasteiger charge is -2.35. The van der Waals surface area contributed by atoms with Crippen molar-refractivity contribution in [3.8, 4) is 0 Å². The monoisotopic (exact) mass is 508 g/mol. The molecule has 4 rings (SSSR count). The third-order valence-corrected chi connectivity index (χ3v) is 6.85. The molecule has 180 valence electrons. The van der Waals surface area contributed by atoms with Gasteiger partial charge in [0.25, 0.3) is 5.91 Å². The number of hydrogen-bond donors (Lipinski definition) is 0. The molecule has 1 aromatic heterocycles. The van der Waals surface area contributed by atoms with E-state index in [1.54, 1.807) is 24.3 Å². The smallest absolute Gasteiger partial charge is 0.345 e. The number of hydrogen-bond acceptors (Lipinski definition) is 1. The van der Waals surface area contributed by atoms with Gasteiger partial charge in [-0.05, 0) is 60.9 Å². The van der Waals surface area contributed by atoms with E-state index in [1.165, 1.54) is 12.1 Å². The Hall–Kier alpha value is -2.44. The molecule has 1 saturated carbocycles. The van der Waals surface area contributed by atoms with Gasteiger partial charge in [0.2, 0.25) is 0 Å². The van der Waals surface area contributed by atoms with Crippen LogP contribution >= 0.6 is 23.2 Å². The fraction of sp³-hybridized carbons (Fsp3) is 0.346. The Kier molecular flexibility index (Phi) is 7.58. The van der Waals surface area contributed by atoms with Crippen LogP contribution in [0.5, 0.6) is 0 Å². The lowest BCUT2D eigenvalue weighted by Crippen LogP contribution is -2.41. The first-order chi connectivity index (χ1) is 16.2. The highest BCUT2D eigenvalue weighted by Gasteiger charge is 2.31. The fourth-order valence-electron chi connectivity index (χ4n) is 4.54. The van der Waals surface area contributed by atoms with E-state index in [0.29, 0.717) is 27.7 Å². The van der Waals surface area contributed by atoms with E-state index in [1.807, 2.05) is 27.8 Å². The summed E-state index contributed by atoms with van der Waals surface area (Å²) in [4.78, 5) is 15.4. The van der Waals surface area contributed by atoms with Gasteiger partial charge in [-0.3, -0.25) is 4.79 Å². The highest BCUT2D eigenvalue weighted by Crippen LogP contribution is 2.31. The molecule has 1 amide bonds. The molecule has 3 aromatic rings. The van der Waals surface area contributed by atoms with Gasteiger partial charge in [0.05, 0.1) is 22.7 Å². The lowest BCUT2D eigenvalue weighted by molar-refractivity contribution is -0.137. The summed E-state index contributed by atoms with van der Waals surface area (Å²) < 4.78 is 41.3. The van der Waals surface area contributed by atoms with E-state index in [4.69, 9.17) is 23.2 Å². The average molecular weight is 509 g/mol.